The van der Waals surface area contributed by atoms with Crippen molar-refractivity contribution >= 4 is 35.4 Å². The van der Waals surface area contributed by atoms with E-state index in [1.807, 2.05) is 11.3 Å². The molecule has 0 saturated heterocycles. The van der Waals surface area contributed by atoms with Gasteiger partial charge < -0.3 is 24.8 Å². The van der Waals surface area contributed by atoms with Crippen molar-refractivity contribution in [2.24, 2.45) is 0 Å². The minimum Gasteiger partial charge on any atom is -1.00 e. The summed E-state index contributed by atoms with van der Waals surface area (Å²) in [7, 11) is -0.976. The second-order valence-corrected chi connectivity index (χ2v) is 16.5. The van der Waals surface area contributed by atoms with Gasteiger partial charge in [0.2, 0.25) is 0 Å². The maximum Gasteiger partial charge on any atom is 3.00 e. The van der Waals surface area contributed by atoms with E-state index >= 15 is 0 Å². The van der Waals surface area contributed by atoms with Gasteiger partial charge in [0.25, 0.3) is 0 Å². The summed E-state index contributed by atoms with van der Waals surface area (Å²) in [6.07, 6.45) is 6.97. The van der Waals surface area contributed by atoms with E-state index in [2.05, 4.69) is 92.3 Å². The van der Waals surface area contributed by atoms with Crippen molar-refractivity contribution in [3.05, 3.63) is 93.2 Å². The van der Waals surface area contributed by atoms with Crippen LogP contribution in [-0.4, -0.2) is 8.07 Å². The van der Waals surface area contributed by atoms with Gasteiger partial charge in [-0.15, -0.1) is 34.5 Å². The molecule has 1 fully saturated rings. The molecule has 1 radical (unpaired) electrons. The van der Waals surface area contributed by atoms with Crippen molar-refractivity contribution in [2.75, 3.05) is 0 Å². The molecule has 2 bridgehead atoms. The number of halogens is 2. The Morgan fingerprint density at radius 1 is 0.865 bits per heavy atom. The molecule has 0 spiro atoms. The van der Waals surface area contributed by atoms with Crippen LogP contribution in [0.5, 0.6) is 0 Å². The van der Waals surface area contributed by atoms with Crippen LogP contribution in [0.2, 0.25) is 13.1 Å². The van der Waals surface area contributed by atoms with Gasteiger partial charge in [0.05, 0.1) is 8.07 Å². The molecule has 37 heavy (non-hydrogen) atoms. The number of aryl methyl sites for hydroxylation is 1. The molecular formula is C32H35Cl2SSiZr. The van der Waals surface area contributed by atoms with E-state index in [1.165, 1.54) is 65.1 Å². The number of fused-ring (bicyclic) bond motifs is 1. The number of hydrogen-bond acceptors (Lipinski definition) is 1. The van der Waals surface area contributed by atoms with Crippen LogP contribution in [0.25, 0.3) is 27.1 Å². The molecule has 8 rings (SSSR count). The molecule has 191 valence electrons. The van der Waals surface area contributed by atoms with Gasteiger partial charge in [-0.2, -0.15) is 17.4 Å². The quantitative estimate of drug-likeness (QED) is 0.230. The van der Waals surface area contributed by atoms with Crippen LogP contribution in [-0.2, 0) is 26.2 Å². The number of hydrogen-bond donors (Lipinski definition) is 0. The normalized spacial score (nSPS) is 19.0. The first-order valence-corrected chi connectivity index (χ1v) is 17.0. The predicted octanol–water partition coefficient (Wildman–Crippen LogP) is 4.01. The third-order valence-electron chi connectivity index (χ3n) is 8.66. The van der Waals surface area contributed by atoms with Gasteiger partial charge in [0.1, 0.15) is 0 Å². The molecule has 1 atom stereocenters. The molecule has 4 aliphatic rings. The summed E-state index contributed by atoms with van der Waals surface area (Å²) < 4.78 is 0. The Bertz CT molecular complexity index is 1390. The molecule has 2 aliphatic heterocycles. The Morgan fingerprint density at radius 3 is 2.22 bits per heavy atom. The third kappa shape index (κ3) is 5.33. The third-order valence-corrected chi connectivity index (χ3v) is 13.6. The molecule has 0 amide bonds. The summed E-state index contributed by atoms with van der Waals surface area (Å²) in [5, 5.41) is 9.20. The van der Waals surface area contributed by atoms with Crippen molar-refractivity contribution in [1.29, 1.82) is 0 Å². The standard InChI is InChI=1S/C22H23.C10H12SSi.2ClH.Zr/c1-16-14-20-8-5-9-21(22(20)15-16)19-12-10-18(11-13-19)17-6-3-2-4-7-17;1-6-9-7-4-11-5-8(7)10(6)12(9,2)3;;;/h5,8-15,17H,2-4,6-7H2,1H3;4-5,9H,1-3H3;2*1H;/q-1;;;;+3/p-2. The molecule has 3 aromatic carbocycles. The fourth-order valence-electron chi connectivity index (χ4n) is 7.18. The van der Waals surface area contributed by atoms with Crippen molar-refractivity contribution in [2.45, 2.75) is 70.5 Å². The average Bonchev–Trinajstić information content (AvgIpc) is 3.56. The monoisotopic (exact) mass is 639 g/mol. The number of allylic oxidation sites excluding steroid dienone is 1. The number of thiophene rings is 1. The maximum absolute atomic E-state index is 2.50. The van der Waals surface area contributed by atoms with Gasteiger partial charge in [0, 0.05) is 5.54 Å². The van der Waals surface area contributed by atoms with Crippen LogP contribution in [0.4, 0.5) is 0 Å². The summed E-state index contributed by atoms with van der Waals surface area (Å²) in [5.74, 6) is 0.791. The second kappa shape index (κ2) is 12.1. The molecule has 0 N–H and O–H groups in total. The van der Waals surface area contributed by atoms with Crippen LogP contribution in [0.3, 0.4) is 0 Å². The topological polar surface area (TPSA) is 0 Å². The van der Waals surface area contributed by atoms with E-state index in [0.29, 0.717) is 0 Å². The first kappa shape index (κ1) is 30.7. The molecule has 2 aliphatic carbocycles. The van der Waals surface area contributed by atoms with E-state index in [9.17, 15) is 0 Å². The fraction of sp³-hybridized carbons (Fsp3) is 0.344. The first-order valence-electron chi connectivity index (χ1n) is 13.0. The van der Waals surface area contributed by atoms with Crippen LogP contribution in [0.1, 0.15) is 72.7 Å². The summed E-state index contributed by atoms with van der Waals surface area (Å²) >= 11 is 1.87. The molecular weight excluding hydrogens is 607 g/mol. The predicted molar refractivity (Wildman–Crippen MR) is 153 cm³/mol. The Balaban J connectivity index is 0.000000217. The van der Waals surface area contributed by atoms with E-state index in [-0.39, 0.29) is 51.0 Å². The van der Waals surface area contributed by atoms with Crippen molar-refractivity contribution in [3.63, 3.8) is 0 Å². The zero-order chi connectivity index (χ0) is 23.4. The van der Waals surface area contributed by atoms with Gasteiger partial charge in [-0.3, -0.25) is 0 Å². The van der Waals surface area contributed by atoms with Gasteiger partial charge in [-0.1, -0.05) is 85.9 Å². The molecule has 5 heteroatoms. The van der Waals surface area contributed by atoms with Gasteiger partial charge >= 0.3 is 26.2 Å². The Kier molecular flexibility index (Phi) is 10.1. The molecule has 4 aromatic rings. The van der Waals surface area contributed by atoms with E-state index in [4.69, 9.17) is 0 Å². The minimum absolute atomic E-state index is 0. The zero-order valence-corrected chi connectivity index (χ0v) is 28.0. The van der Waals surface area contributed by atoms with Crippen molar-refractivity contribution in [1.82, 2.24) is 0 Å². The summed E-state index contributed by atoms with van der Waals surface area (Å²) in [6, 6.07) is 20.6. The smallest absolute Gasteiger partial charge is 1.00 e. The Morgan fingerprint density at radius 2 is 1.57 bits per heavy atom. The Labute approximate surface area is 259 Å². The fourth-order valence-corrected chi connectivity index (χ4v) is 12.7. The minimum atomic E-state index is -0.976. The number of benzene rings is 2. The molecule has 3 heterocycles. The summed E-state index contributed by atoms with van der Waals surface area (Å²) in [6.45, 7) is 9.51. The summed E-state index contributed by atoms with van der Waals surface area (Å²) in [5.41, 5.74) is 11.4. The second-order valence-electron chi connectivity index (χ2n) is 11.3. The molecule has 1 saturated carbocycles. The molecule has 1 unspecified atom stereocenters. The zero-order valence-electron chi connectivity index (χ0n) is 22.2. The summed E-state index contributed by atoms with van der Waals surface area (Å²) in [4.78, 5) is 0. The van der Waals surface area contributed by atoms with Crippen LogP contribution in [0.15, 0.2) is 70.9 Å². The molecule has 0 nitrogen and oxygen atoms in total. The van der Waals surface area contributed by atoms with E-state index in [1.54, 1.807) is 21.9 Å². The molecule has 1 aromatic heterocycles. The van der Waals surface area contributed by atoms with E-state index < -0.39 is 8.07 Å². The largest absolute Gasteiger partial charge is 3.00 e. The Hall–Kier alpha value is -0.830. The number of rotatable bonds is 2. The van der Waals surface area contributed by atoms with Crippen LogP contribution in [0, 0.1) is 6.92 Å². The van der Waals surface area contributed by atoms with Gasteiger partial charge in [-0.05, 0) is 58.7 Å². The van der Waals surface area contributed by atoms with Crippen LogP contribution >= 0.6 is 11.3 Å². The average molecular weight is 642 g/mol. The SMILES string of the molecule is CC1=C2c3cscc3C1[Si]2(C)C.Cc1cc2c(-c3ccc(C4CCCCC4)cc3)cccc2[cH-]1.[Cl-].[Cl-].[Zr+3]. The maximum atomic E-state index is 2.50. The van der Waals surface area contributed by atoms with Crippen LogP contribution < -0.4 is 24.8 Å². The van der Waals surface area contributed by atoms with Crippen molar-refractivity contribution in [3.8, 4) is 11.1 Å². The first-order chi connectivity index (χ1) is 16.4. The van der Waals surface area contributed by atoms with Gasteiger partial charge in [0.15, 0.2) is 0 Å². The van der Waals surface area contributed by atoms with Gasteiger partial charge in [-0.25, -0.2) is 0 Å². The van der Waals surface area contributed by atoms with Crippen molar-refractivity contribution < 1.29 is 51.0 Å². The van der Waals surface area contributed by atoms with E-state index in [0.717, 1.165) is 11.5 Å².